The Kier molecular flexibility index (Phi) is 5.66. The molecule has 2 N–H and O–H groups in total. The van der Waals surface area contributed by atoms with Gasteiger partial charge in [-0.2, -0.15) is 4.98 Å². The highest BCUT2D eigenvalue weighted by Crippen LogP contribution is 2.21. The maximum Gasteiger partial charge on any atom is 0.339 e. The molecule has 6 nitrogen and oxygen atoms in total. The molecular formula is C21H22N4O2. The quantitative estimate of drug-likeness (QED) is 0.639. The van der Waals surface area contributed by atoms with Crippen molar-refractivity contribution >= 4 is 23.4 Å². The van der Waals surface area contributed by atoms with Crippen molar-refractivity contribution < 1.29 is 9.53 Å². The number of nitrogens with one attached hydrogen (secondary N) is 2. The Bertz CT molecular complexity index is 939. The lowest BCUT2D eigenvalue weighted by molar-refractivity contribution is 0.0602. The van der Waals surface area contributed by atoms with Crippen LogP contribution >= 0.6 is 0 Å². The SMILES string of the molecule is COC(=O)c1ccccc1Nc1nc(C)cc(NCc2ccc(C)cc2)n1. The monoisotopic (exact) mass is 362 g/mol. The molecule has 3 rings (SSSR count). The molecule has 0 fully saturated rings. The first kappa shape index (κ1) is 18.4. The van der Waals surface area contributed by atoms with E-state index in [-0.39, 0.29) is 0 Å². The van der Waals surface area contributed by atoms with E-state index in [9.17, 15) is 4.79 Å². The van der Waals surface area contributed by atoms with Crippen LogP contribution in [0.5, 0.6) is 0 Å². The highest BCUT2D eigenvalue weighted by Gasteiger charge is 2.12. The van der Waals surface area contributed by atoms with E-state index in [0.29, 0.717) is 29.6 Å². The zero-order valence-corrected chi connectivity index (χ0v) is 15.6. The zero-order valence-electron chi connectivity index (χ0n) is 15.6. The lowest BCUT2D eigenvalue weighted by Gasteiger charge is -2.12. The number of anilines is 3. The van der Waals surface area contributed by atoms with Crippen LogP contribution in [0.15, 0.2) is 54.6 Å². The first-order valence-electron chi connectivity index (χ1n) is 8.64. The van der Waals surface area contributed by atoms with Crippen LogP contribution in [-0.2, 0) is 11.3 Å². The van der Waals surface area contributed by atoms with E-state index < -0.39 is 5.97 Å². The number of esters is 1. The molecular weight excluding hydrogens is 340 g/mol. The standard InChI is InChI=1S/C21H22N4O2/c1-14-8-10-16(11-9-14)13-22-19-12-15(2)23-21(25-19)24-18-7-5-4-6-17(18)20(26)27-3/h4-12H,13H2,1-3H3,(H2,22,23,24,25). The van der Waals surface area contributed by atoms with Crippen molar-refractivity contribution in [2.75, 3.05) is 17.7 Å². The van der Waals surface area contributed by atoms with Gasteiger partial charge >= 0.3 is 5.97 Å². The summed E-state index contributed by atoms with van der Waals surface area (Å²) in [5.74, 6) is 0.711. The normalized spacial score (nSPS) is 10.3. The molecule has 0 aliphatic carbocycles. The van der Waals surface area contributed by atoms with Gasteiger partial charge in [-0.3, -0.25) is 0 Å². The van der Waals surface area contributed by atoms with Crippen molar-refractivity contribution in [3.05, 3.63) is 77.0 Å². The number of methoxy groups -OCH3 is 1. The molecule has 1 aromatic heterocycles. The average molecular weight is 362 g/mol. The molecule has 0 aliphatic rings. The van der Waals surface area contributed by atoms with Gasteiger partial charge in [0.25, 0.3) is 0 Å². The molecule has 27 heavy (non-hydrogen) atoms. The Balaban J connectivity index is 1.78. The van der Waals surface area contributed by atoms with Crippen LogP contribution in [-0.4, -0.2) is 23.0 Å². The van der Waals surface area contributed by atoms with Crippen LogP contribution < -0.4 is 10.6 Å². The molecule has 0 bridgehead atoms. The topological polar surface area (TPSA) is 76.1 Å². The van der Waals surface area contributed by atoms with Crippen LogP contribution in [0, 0.1) is 13.8 Å². The second-order valence-corrected chi connectivity index (χ2v) is 6.22. The predicted octanol–water partition coefficient (Wildman–Crippen LogP) is 4.24. The average Bonchev–Trinajstić information content (AvgIpc) is 2.67. The smallest absolute Gasteiger partial charge is 0.339 e. The van der Waals surface area contributed by atoms with Gasteiger partial charge in [0.15, 0.2) is 0 Å². The van der Waals surface area contributed by atoms with E-state index in [1.165, 1.54) is 18.2 Å². The zero-order chi connectivity index (χ0) is 19.2. The molecule has 138 valence electrons. The summed E-state index contributed by atoms with van der Waals surface area (Å²) in [5, 5.41) is 6.42. The second kappa shape index (κ2) is 8.31. The Morgan fingerprint density at radius 2 is 1.78 bits per heavy atom. The highest BCUT2D eigenvalue weighted by molar-refractivity contribution is 5.96. The number of hydrogen-bond donors (Lipinski definition) is 2. The fraction of sp³-hybridized carbons (Fsp3) is 0.190. The number of rotatable bonds is 6. The van der Waals surface area contributed by atoms with Crippen LogP contribution in [0.25, 0.3) is 0 Å². The number of carbonyl (C=O) groups excluding carboxylic acids is 1. The van der Waals surface area contributed by atoms with Gasteiger partial charge < -0.3 is 15.4 Å². The van der Waals surface area contributed by atoms with Crippen molar-refractivity contribution in [2.45, 2.75) is 20.4 Å². The van der Waals surface area contributed by atoms with Gasteiger partial charge in [0.1, 0.15) is 5.82 Å². The number of aromatic nitrogens is 2. The van der Waals surface area contributed by atoms with Crippen molar-refractivity contribution in [3.8, 4) is 0 Å². The summed E-state index contributed by atoms with van der Waals surface area (Å²) in [4.78, 5) is 20.8. The first-order chi connectivity index (χ1) is 13.0. The van der Waals surface area contributed by atoms with Gasteiger partial charge in [-0.1, -0.05) is 42.0 Å². The third-order valence-electron chi connectivity index (χ3n) is 4.03. The van der Waals surface area contributed by atoms with E-state index in [1.54, 1.807) is 18.2 Å². The summed E-state index contributed by atoms with van der Waals surface area (Å²) in [5.41, 5.74) is 4.24. The van der Waals surface area contributed by atoms with Crippen LogP contribution in [0.3, 0.4) is 0 Å². The number of hydrogen-bond acceptors (Lipinski definition) is 6. The Morgan fingerprint density at radius 3 is 2.52 bits per heavy atom. The highest BCUT2D eigenvalue weighted by atomic mass is 16.5. The minimum atomic E-state index is -0.413. The second-order valence-electron chi connectivity index (χ2n) is 6.22. The summed E-state index contributed by atoms with van der Waals surface area (Å²) in [6.07, 6.45) is 0. The largest absolute Gasteiger partial charge is 0.465 e. The first-order valence-corrected chi connectivity index (χ1v) is 8.64. The summed E-state index contributed by atoms with van der Waals surface area (Å²) < 4.78 is 4.83. The van der Waals surface area contributed by atoms with Crippen molar-refractivity contribution in [3.63, 3.8) is 0 Å². The van der Waals surface area contributed by atoms with Gasteiger partial charge in [-0.05, 0) is 31.5 Å². The molecule has 0 spiro atoms. The lowest BCUT2D eigenvalue weighted by atomic mass is 10.1. The molecule has 0 radical (unpaired) electrons. The fourth-order valence-corrected chi connectivity index (χ4v) is 2.61. The van der Waals surface area contributed by atoms with Gasteiger partial charge in [0.05, 0.1) is 18.4 Å². The number of aryl methyl sites for hydroxylation is 2. The van der Waals surface area contributed by atoms with Gasteiger partial charge in [-0.25, -0.2) is 9.78 Å². The van der Waals surface area contributed by atoms with Crippen molar-refractivity contribution in [1.82, 2.24) is 9.97 Å². The maximum atomic E-state index is 11.9. The number of benzene rings is 2. The molecule has 6 heteroatoms. The molecule has 0 atom stereocenters. The van der Waals surface area contributed by atoms with Crippen LogP contribution in [0.2, 0.25) is 0 Å². The number of ether oxygens (including phenoxy) is 1. The van der Waals surface area contributed by atoms with Crippen molar-refractivity contribution in [1.29, 1.82) is 0 Å². The van der Waals surface area contributed by atoms with E-state index in [4.69, 9.17) is 4.74 Å². The molecule has 1 heterocycles. The van der Waals surface area contributed by atoms with Crippen LogP contribution in [0.1, 0.15) is 27.2 Å². The summed E-state index contributed by atoms with van der Waals surface area (Å²) >= 11 is 0. The van der Waals surface area contributed by atoms with E-state index >= 15 is 0 Å². The minimum Gasteiger partial charge on any atom is -0.465 e. The third-order valence-corrected chi connectivity index (χ3v) is 4.03. The van der Waals surface area contributed by atoms with Crippen LogP contribution in [0.4, 0.5) is 17.5 Å². The summed E-state index contributed by atoms with van der Waals surface area (Å²) in [7, 11) is 1.36. The maximum absolute atomic E-state index is 11.9. The van der Waals surface area contributed by atoms with E-state index in [2.05, 4.69) is 51.8 Å². The minimum absolute atomic E-state index is 0.413. The molecule has 3 aromatic rings. The van der Waals surface area contributed by atoms with Crippen molar-refractivity contribution in [2.24, 2.45) is 0 Å². The molecule has 0 saturated carbocycles. The van der Waals surface area contributed by atoms with Gasteiger partial charge in [0.2, 0.25) is 5.95 Å². The van der Waals surface area contributed by atoms with Gasteiger partial charge in [-0.15, -0.1) is 0 Å². The predicted molar refractivity (Wildman–Crippen MR) is 106 cm³/mol. The molecule has 0 aliphatic heterocycles. The number of carbonyl (C=O) groups is 1. The third kappa shape index (κ3) is 4.82. The Morgan fingerprint density at radius 1 is 1.04 bits per heavy atom. The molecule has 2 aromatic carbocycles. The summed E-state index contributed by atoms with van der Waals surface area (Å²) in [6, 6.07) is 17.3. The number of nitrogens with zero attached hydrogens (tertiary/aromatic N) is 2. The molecule has 0 amide bonds. The summed E-state index contributed by atoms with van der Waals surface area (Å²) in [6.45, 7) is 4.63. The number of para-hydroxylation sites is 1. The lowest BCUT2D eigenvalue weighted by Crippen LogP contribution is -2.09. The Hall–Kier alpha value is -3.41. The molecule has 0 saturated heterocycles. The molecule has 0 unspecified atom stereocenters. The van der Waals surface area contributed by atoms with E-state index in [1.807, 2.05) is 19.1 Å². The van der Waals surface area contributed by atoms with E-state index in [0.717, 1.165) is 5.69 Å². The fourth-order valence-electron chi connectivity index (χ4n) is 2.61. The van der Waals surface area contributed by atoms with Gasteiger partial charge in [0, 0.05) is 18.3 Å². The Labute approximate surface area is 158 Å².